The van der Waals surface area contributed by atoms with Gasteiger partial charge in [0.05, 0.1) is 11.4 Å². The Hall–Kier alpha value is -0.700. The SMILES string of the molecule is O=C(Cc1nccs1)C1CCCC1. The molecule has 0 aromatic carbocycles. The van der Waals surface area contributed by atoms with Gasteiger partial charge in [-0.15, -0.1) is 11.3 Å². The Morgan fingerprint density at radius 2 is 2.31 bits per heavy atom. The Kier molecular flexibility index (Phi) is 2.74. The van der Waals surface area contributed by atoms with Crippen LogP contribution in [-0.2, 0) is 11.2 Å². The molecular formula is C10H13NOS. The number of hydrogen-bond acceptors (Lipinski definition) is 3. The second kappa shape index (κ2) is 4.01. The van der Waals surface area contributed by atoms with E-state index in [0.717, 1.165) is 17.8 Å². The highest BCUT2D eigenvalue weighted by molar-refractivity contribution is 7.09. The molecule has 3 heteroatoms. The highest BCUT2D eigenvalue weighted by Gasteiger charge is 2.22. The van der Waals surface area contributed by atoms with Gasteiger partial charge >= 0.3 is 0 Å². The second-order valence-corrected chi connectivity index (χ2v) is 4.53. The molecule has 0 spiro atoms. The Bertz CT molecular complexity index is 275. The summed E-state index contributed by atoms with van der Waals surface area (Å²) in [6.45, 7) is 0. The topological polar surface area (TPSA) is 30.0 Å². The molecule has 0 atom stereocenters. The summed E-state index contributed by atoms with van der Waals surface area (Å²) in [5, 5.41) is 2.90. The fraction of sp³-hybridized carbons (Fsp3) is 0.600. The molecule has 1 saturated carbocycles. The summed E-state index contributed by atoms with van der Waals surface area (Å²) in [4.78, 5) is 15.8. The fourth-order valence-corrected chi connectivity index (χ4v) is 2.51. The van der Waals surface area contributed by atoms with Crippen molar-refractivity contribution in [2.45, 2.75) is 32.1 Å². The molecule has 2 rings (SSSR count). The van der Waals surface area contributed by atoms with Gasteiger partial charge in [-0.2, -0.15) is 0 Å². The summed E-state index contributed by atoms with van der Waals surface area (Å²) >= 11 is 1.58. The molecular weight excluding hydrogens is 182 g/mol. The number of aromatic nitrogens is 1. The van der Waals surface area contributed by atoms with Crippen LogP contribution in [-0.4, -0.2) is 10.8 Å². The van der Waals surface area contributed by atoms with Gasteiger partial charge in [0.15, 0.2) is 0 Å². The molecule has 2 nitrogen and oxygen atoms in total. The lowest BCUT2D eigenvalue weighted by atomic mass is 10.0. The van der Waals surface area contributed by atoms with Gasteiger partial charge in [-0.3, -0.25) is 4.79 Å². The zero-order valence-electron chi connectivity index (χ0n) is 7.53. The Morgan fingerprint density at radius 1 is 1.54 bits per heavy atom. The van der Waals surface area contributed by atoms with Crippen LogP contribution < -0.4 is 0 Å². The largest absolute Gasteiger partial charge is 0.299 e. The molecule has 0 amide bonds. The lowest BCUT2D eigenvalue weighted by Crippen LogP contribution is -2.13. The van der Waals surface area contributed by atoms with E-state index < -0.39 is 0 Å². The van der Waals surface area contributed by atoms with E-state index in [-0.39, 0.29) is 0 Å². The van der Waals surface area contributed by atoms with Crippen LogP contribution in [0.2, 0.25) is 0 Å². The molecule has 1 aromatic heterocycles. The minimum absolute atomic E-state index is 0.337. The third-order valence-electron chi connectivity index (χ3n) is 2.62. The van der Waals surface area contributed by atoms with Gasteiger partial charge in [-0.25, -0.2) is 4.98 Å². The van der Waals surface area contributed by atoms with Crippen molar-refractivity contribution in [3.63, 3.8) is 0 Å². The third kappa shape index (κ3) is 2.15. The average Bonchev–Trinajstić information content (AvgIpc) is 2.74. The summed E-state index contributed by atoms with van der Waals surface area (Å²) in [5.41, 5.74) is 0. The maximum atomic E-state index is 11.7. The predicted molar refractivity (Wildman–Crippen MR) is 52.8 cm³/mol. The number of carbonyl (C=O) groups is 1. The highest BCUT2D eigenvalue weighted by atomic mass is 32.1. The standard InChI is InChI=1S/C10H13NOS/c12-9(8-3-1-2-4-8)7-10-11-5-6-13-10/h5-6,8H,1-4,7H2. The van der Waals surface area contributed by atoms with Crippen LogP contribution in [0.15, 0.2) is 11.6 Å². The smallest absolute Gasteiger partial charge is 0.142 e. The third-order valence-corrected chi connectivity index (χ3v) is 3.40. The van der Waals surface area contributed by atoms with Crippen LogP contribution in [0.4, 0.5) is 0 Å². The number of Topliss-reactive ketones (excluding diaryl/α,β-unsaturated/α-hetero) is 1. The Morgan fingerprint density at radius 3 is 2.92 bits per heavy atom. The summed E-state index contributed by atoms with van der Waals surface area (Å²) < 4.78 is 0. The van der Waals surface area contributed by atoms with Crippen LogP contribution in [0.5, 0.6) is 0 Å². The minimum atomic E-state index is 0.337. The van der Waals surface area contributed by atoms with Crippen LogP contribution >= 0.6 is 11.3 Å². The first-order valence-electron chi connectivity index (χ1n) is 4.77. The van der Waals surface area contributed by atoms with Gasteiger partial charge in [0.25, 0.3) is 0 Å². The van der Waals surface area contributed by atoms with Crippen LogP contribution in [0.3, 0.4) is 0 Å². The van der Waals surface area contributed by atoms with Crippen molar-refractivity contribution in [1.29, 1.82) is 0 Å². The highest BCUT2D eigenvalue weighted by Crippen LogP contribution is 2.26. The van der Waals surface area contributed by atoms with E-state index in [4.69, 9.17) is 0 Å². The van der Waals surface area contributed by atoms with E-state index >= 15 is 0 Å². The van der Waals surface area contributed by atoms with Crippen molar-refractivity contribution in [2.24, 2.45) is 5.92 Å². The predicted octanol–water partition coefficient (Wildman–Crippen LogP) is 2.44. The maximum absolute atomic E-state index is 11.7. The number of hydrogen-bond donors (Lipinski definition) is 0. The van der Waals surface area contributed by atoms with Crippen molar-refractivity contribution >= 4 is 17.1 Å². The van der Waals surface area contributed by atoms with Gasteiger partial charge in [0.2, 0.25) is 0 Å². The normalized spacial score (nSPS) is 17.8. The van der Waals surface area contributed by atoms with Gasteiger partial charge in [0.1, 0.15) is 5.78 Å². The first kappa shape index (κ1) is 8.88. The van der Waals surface area contributed by atoms with Crippen molar-refractivity contribution in [3.05, 3.63) is 16.6 Å². The van der Waals surface area contributed by atoms with E-state index in [9.17, 15) is 4.79 Å². The quantitative estimate of drug-likeness (QED) is 0.741. The van der Waals surface area contributed by atoms with Crippen LogP contribution in [0, 0.1) is 5.92 Å². The molecule has 0 bridgehead atoms. The zero-order chi connectivity index (χ0) is 9.10. The zero-order valence-corrected chi connectivity index (χ0v) is 8.35. The van der Waals surface area contributed by atoms with Crippen molar-refractivity contribution in [1.82, 2.24) is 4.98 Å². The first-order chi connectivity index (χ1) is 6.36. The molecule has 1 aliphatic carbocycles. The molecule has 0 aliphatic heterocycles. The van der Waals surface area contributed by atoms with Gasteiger partial charge < -0.3 is 0 Å². The molecule has 1 aromatic rings. The number of rotatable bonds is 3. The van der Waals surface area contributed by atoms with Crippen molar-refractivity contribution in [2.75, 3.05) is 0 Å². The molecule has 70 valence electrons. The molecule has 0 N–H and O–H groups in total. The minimum Gasteiger partial charge on any atom is -0.299 e. The Labute approximate surface area is 82.0 Å². The number of carbonyl (C=O) groups excluding carboxylic acids is 1. The average molecular weight is 195 g/mol. The first-order valence-corrected chi connectivity index (χ1v) is 5.65. The maximum Gasteiger partial charge on any atom is 0.142 e. The summed E-state index contributed by atoms with van der Waals surface area (Å²) in [6.07, 6.45) is 6.99. The molecule has 0 saturated heterocycles. The second-order valence-electron chi connectivity index (χ2n) is 3.55. The van der Waals surface area contributed by atoms with Crippen LogP contribution in [0.1, 0.15) is 30.7 Å². The lowest BCUT2D eigenvalue weighted by molar-refractivity contribution is -0.122. The molecule has 0 unspecified atom stereocenters. The Balaban J connectivity index is 1.91. The van der Waals surface area contributed by atoms with Crippen molar-refractivity contribution < 1.29 is 4.79 Å². The summed E-state index contributed by atoms with van der Waals surface area (Å²) in [5.74, 6) is 0.733. The van der Waals surface area contributed by atoms with E-state index in [1.807, 2.05) is 5.38 Å². The number of ketones is 1. The lowest BCUT2D eigenvalue weighted by Gasteiger charge is -2.04. The van der Waals surface area contributed by atoms with Crippen molar-refractivity contribution in [3.8, 4) is 0 Å². The van der Waals surface area contributed by atoms with Gasteiger partial charge in [-0.1, -0.05) is 12.8 Å². The molecule has 1 aliphatic rings. The number of nitrogens with zero attached hydrogens (tertiary/aromatic N) is 1. The van der Waals surface area contributed by atoms with E-state index in [0.29, 0.717) is 18.1 Å². The van der Waals surface area contributed by atoms with E-state index in [1.165, 1.54) is 12.8 Å². The summed E-state index contributed by atoms with van der Waals surface area (Å²) in [7, 11) is 0. The van der Waals surface area contributed by atoms with E-state index in [1.54, 1.807) is 17.5 Å². The van der Waals surface area contributed by atoms with E-state index in [2.05, 4.69) is 4.98 Å². The molecule has 0 radical (unpaired) electrons. The molecule has 1 heterocycles. The van der Waals surface area contributed by atoms with Crippen LogP contribution in [0.25, 0.3) is 0 Å². The van der Waals surface area contributed by atoms with Gasteiger partial charge in [-0.05, 0) is 12.8 Å². The fourth-order valence-electron chi connectivity index (χ4n) is 1.88. The molecule has 1 fully saturated rings. The molecule has 13 heavy (non-hydrogen) atoms. The van der Waals surface area contributed by atoms with Gasteiger partial charge in [0, 0.05) is 17.5 Å². The number of thiazole rings is 1. The monoisotopic (exact) mass is 195 g/mol. The summed E-state index contributed by atoms with van der Waals surface area (Å²) in [6, 6.07) is 0.